The average Bonchev–Trinajstić information content (AvgIpc) is 3.37. The molecule has 0 aliphatic heterocycles. The lowest BCUT2D eigenvalue weighted by molar-refractivity contribution is 0.0501. The lowest BCUT2D eigenvalue weighted by Crippen LogP contribution is -2.49. The fourth-order valence-electron chi connectivity index (χ4n) is 4.44. The molecule has 2 atom stereocenters. The van der Waals surface area contributed by atoms with Crippen molar-refractivity contribution >= 4 is 28.7 Å². The number of H-pyrrole nitrogens is 1. The molecule has 2 unspecified atom stereocenters. The van der Waals surface area contributed by atoms with Crippen LogP contribution in [0.3, 0.4) is 0 Å². The fraction of sp³-hybridized carbons (Fsp3) is 0.323. The van der Waals surface area contributed by atoms with Crippen LogP contribution in [0.25, 0.3) is 22.0 Å². The number of hydrogen-bond donors (Lipinski definition) is 3. The van der Waals surface area contributed by atoms with Gasteiger partial charge < -0.3 is 29.8 Å². The molecule has 3 N–H and O–H groups in total. The van der Waals surface area contributed by atoms with E-state index in [-0.39, 0.29) is 11.6 Å². The summed E-state index contributed by atoms with van der Waals surface area (Å²) in [5.41, 5.74) is 3.00. The Morgan fingerprint density at radius 1 is 1.10 bits per heavy atom. The second-order valence-electron chi connectivity index (χ2n) is 10.5. The van der Waals surface area contributed by atoms with Gasteiger partial charge in [-0.25, -0.2) is 19.6 Å². The van der Waals surface area contributed by atoms with Crippen LogP contribution in [0.1, 0.15) is 43.6 Å². The maximum absolute atomic E-state index is 12.8. The SMILES string of the molecule is CCOc1ncc(-c2ccc(NC(C#N)C(Cc3c[nH]c4ccccc34)NC(=O)OC(C)(C)C)c(C(=O)OC)c2)cn1. The molecule has 11 nitrogen and oxygen atoms in total. The Labute approximate surface area is 244 Å². The summed E-state index contributed by atoms with van der Waals surface area (Å²) >= 11 is 0. The summed E-state index contributed by atoms with van der Waals surface area (Å²) in [4.78, 5) is 37.3. The molecule has 0 saturated carbocycles. The van der Waals surface area contributed by atoms with E-state index in [9.17, 15) is 14.9 Å². The molecule has 2 aromatic carbocycles. The average molecular weight is 571 g/mol. The van der Waals surface area contributed by atoms with Gasteiger partial charge in [-0.3, -0.25) is 0 Å². The number of hydrogen-bond acceptors (Lipinski definition) is 9. The first-order valence-corrected chi connectivity index (χ1v) is 13.5. The van der Waals surface area contributed by atoms with E-state index in [1.807, 2.05) is 37.4 Å². The minimum absolute atomic E-state index is 0.201. The van der Waals surface area contributed by atoms with Crippen molar-refractivity contribution in [1.29, 1.82) is 5.26 Å². The Balaban J connectivity index is 1.66. The van der Waals surface area contributed by atoms with Crippen LogP contribution in [-0.4, -0.2) is 58.4 Å². The van der Waals surface area contributed by atoms with Gasteiger partial charge in [0.1, 0.15) is 11.6 Å². The molecule has 0 spiro atoms. The highest BCUT2D eigenvalue weighted by molar-refractivity contribution is 5.97. The maximum atomic E-state index is 12.8. The molecular formula is C31H34N6O5. The van der Waals surface area contributed by atoms with Crippen molar-refractivity contribution in [3.63, 3.8) is 0 Å². The molecule has 0 bridgehead atoms. The summed E-state index contributed by atoms with van der Waals surface area (Å²) in [6.45, 7) is 7.58. The maximum Gasteiger partial charge on any atom is 0.407 e. The fourth-order valence-corrected chi connectivity index (χ4v) is 4.44. The number of nitrogens with zero attached hydrogens (tertiary/aromatic N) is 3. The summed E-state index contributed by atoms with van der Waals surface area (Å²) < 4.78 is 15.8. The number of alkyl carbamates (subject to hydrolysis) is 1. The van der Waals surface area contributed by atoms with Crippen LogP contribution in [0.5, 0.6) is 6.01 Å². The Bertz CT molecular complexity index is 1590. The number of benzene rings is 2. The quantitative estimate of drug-likeness (QED) is 0.217. The smallest absolute Gasteiger partial charge is 0.407 e. The van der Waals surface area contributed by atoms with Crippen LogP contribution in [-0.2, 0) is 15.9 Å². The minimum atomic E-state index is -0.950. The molecule has 0 aliphatic carbocycles. The van der Waals surface area contributed by atoms with Crippen molar-refractivity contribution in [3.8, 4) is 23.2 Å². The van der Waals surface area contributed by atoms with Crippen LogP contribution < -0.4 is 15.4 Å². The number of carbonyl (C=O) groups is 2. The largest absolute Gasteiger partial charge is 0.465 e. The number of fused-ring (bicyclic) bond motifs is 1. The van der Waals surface area contributed by atoms with Gasteiger partial charge in [-0.1, -0.05) is 24.3 Å². The zero-order chi connectivity index (χ0) is 30.3. The van der Waals surface area contributed by atoms with Crippen LogP contribution in [0.2, 0.25) is 0 Å². The Morgan fingerprint density at radius 2 is 1.83 bits per heavy atom. The Hall–Kier alpha value is -5.11. The van der Waals surface area contributed by atoms with Gasteiger partial charge in [-0.2, -0.15) is 5.26 Å². The summed E-state index contributed by atoms with van der Waals surface area (Å²) in [5.74, 6) is -0.601. The molecular weight excluding hydrogens is 536 g/mol. The second-order valence-corrected chi connectivity index (χ2v) is 10.5. The Morgan fingerprint density at radius 3 is 2.50 bits per heavy atom. The zero-order valence-electron chi connectivity index (χ0n) is 24.2. The zero-order valence-corrected chi connectivity index (χ0v) is 24.2. The molecule has 2 heterocycles. The molecule has 218 valence electrons. The standard InChI is InChI=1S/C31H34N6O5/c1-6-41-29-34-17-21(18-35-29)19-11-12-25(23(13-19)28(38)40-5)36-27(15-32)26(37-30(39)42-31(2,3)4)14-20-16-33-24-10-8-7-9-22(20)24/h7-13,16-18,26-27,33,36H,6,14H2,1-5H3,(H,37,39). The minimum Gasteiger partial charge on any atom is -0.465 e. The predicted molar refractivity (Wildman–Crippen MR) is 158 cm³/mol. The van der Waals surface area contributed by atoms with Crippen LogP contribution in [0.15, 0.2) is 61.1 Å². The number of aromatic nitrogens is 3. The number of carbonyl (C=O) groups excluding carboxylic acids is 2. The van der Waals surface area contributed by atoms with Crippen molar-refractivity contribution in [1.82, 2.24) is 20.3 Å². The van der Waals surface area contributed by atoms with Gasteiger partial charge in [0.25, 0.3) is 0 Å². The van der Waals surface area contributed by atoms with Crippen molar-refractivity contribution in [3.05, 3.63) is 72.2 Å². The third-order valence-electron chi connectivity index (χ3n) is 6.33. The molecule has 0 aliphatic rings. The van der Waals surface area contributed by atoms with Gasteiger partial charge in [0.2, 0.25) is 0 Å². The highest BCUT2D eigenvalue weighted by atomic mass is 16.6. The van der Waals surface area contributed by atoms with Crippen LogP contribution >= 0.6 is 0 Å². The summed E-state index contributed by atoms with van der Waals surface area (Å²) in [6, 6.07) is 13.7. The number of anilines is 1. The normalized spacial score (nSPS) is 12.6. The lowest BCUT2D eigenvalue weighted by atomic mass is 9.98. The van der Waals surface area contributed by atoms with Crippen molar-refractivity contribution in [2.24, 2.45) is 0 Å². The molecule has 42 heavy (non-hydrogen) atoms. The van der Waals surface area contributed by atoms with E-state index >= 15 is 0 Å². The number of amides is 1. The number of ether oxygens (including phenoxy) is 3. The molecule has 1 amide bonds. The predicted octanol–water partition coefficient (Wildman–Crippen LogP) is 5.25. The second kappa shape index (κ2) is 13.0. The molecule has 11 heteroatoms. The van der Waals surface area contributed by atoms with E-state index in [0.717, 1.165) is 16.5 Å². The molecule has 0 fully saturated rings. The van der Waals surface area contributed by atoms with Crippen molar-refractivity contribution in [2.45, 2.75) is 51.8 Å². The summed E-state index contributed by atoms with van der Waals surface area (Å²) in [5, 5.41) is 17.3. The van der Waals surface area contributed by atoms with Gasteiger partial charge in [-0.15, -0.1) is 0 Å². The van der Waals surface area contributed by atoms with E-state index in [2.05, 4.69) is 31.7 Å². The van der Waals surface area contributed by atoms with E-state index in [1.54, 1.807) is 51.4 Å². The van der Waals surface area contributed by atoms with Crippen LogP contribution in [0.4, 0.5) is 10.5 Å². The van der Waals surface area contributed by atoms with Crippen LogP contribution in [0, 0.1) is 11.3 Å². The summed E-state index contributed by atoms with van der Waals surface area (Å²) in [7, 11) is 1.28. The molecule has 4 aromatic rings. The Kier molecular flexibility index (Phi) is 9.27. The van der Waals surface area contributed by atoms with Crippen molar-refractivity contribution in [2.75, 3.05) is 19.0 Å². The monoisotopic (exact) mass is 570 g/mol. The van der Waals surface area contributed by atoms with E-state index < -0.39 is 29.7 Å². The number of para-hydroxylation sites is 1. The third-order valence-corrected chi connectivity index (χ3v) is 6.33. The van der Waals surface area contributed by atoms with Crippen molar-refractivity contribution < 1.29 is 23.8 Å². The van der Waals surface area contributed by atoms with E-state index in [1.165, 1.54) is 7.11 Å². The van der Waals surface area contributed by atoms with Gasteiger partial charge in [0.05, 0.1) is 31.4 Å². The molecule has 4 rings (SSSR count). The third kappa shape index (κ3) is 7.34. The topological polar surface area (TPSA) is 151 Å². The van der Waals surface area contributed by atoms with E-state index in [0.29, 0.717) is 29.8 Å². The van der Waals surface area contributed by atoms with Gasteiger partial charge in [0.15, 0.2) is 0 Å². The van der Waals surface area contributed by atoms with Gasteiger partial charge >= 0.3 is 18.1 Å². The first-order valence-electron chi connectivity index (χ1n) is 13.5. The number of nitriles is 1. The first-order chi connectivity index (χ1) is 20.1. The lowest BCUT2D eigenvalue weighted by Gasteiger charge is -2.27. The molecule has 2 aromatic heterocycles. The van der Waals surface area contributed by atoms with E-state index in [4.69, 9.17) is 14.2 Å². The number of nitrogens with one attached hydrogen (secondary N) is 3. The first kappa shape index (κ1) is 29.9. The van der Waals surface area contributed by atoms with Gasteiger partial charge in [-0.05, 0) is 63.4 Å². The van der Waals surface area contributed by atoms with Gasteiger partial charge in [0, 0.05) is 40.7 Å². The number of rotatable bonds is 10. The number of methoxy groups -OCH3 is 1. The highest BCUT2D eigenvalue weighted by Crippen LogP contribution is 2.28. The number of aromatic amines is 1. The summed E-state index contributed by atoms with van der Waals surface area (Å²) in [6.07, 6.45) is 4.71. The molecule has 0 saturated heterocycles. The highest BCUT2D eigenvalue weighted by Gasteiger charge is 2.28. The molecule has 0 radical (unpaired) electrons. The number of esters is 1.